The number of hydrogen-bond acceptors (Lipinski definition) is 5. The summed E-state index contributed by atoms with van der Waals surface area (Å²) in [6.45, 7) is 2.55. The lowest BCUT2D eigenvalue weighted by molar-refractivity contribution is 0.602. The average Bonchev–Trinajstić information content (AvgIpc) is 3.11. The van der Waals surface area contributed by atoms with Gasteiger partial charge in [0.05, 0.1) is 10.3 Å². The van der Waals surface area contributed by atoms with E-state index in [-0.39, 0.29) is 10.2 Å². The third-order valence-corrected chi connectivity index (χ3v) is 6.61. The lowest BCUT2D eigenvalue weighted by Gasteiger charge is -2.04. The van der Waals surface area contributed by atoms with Gasteiger partial charge < -0.3 is 0 Å². The Labute approximate surface area is 146 Å². The van der Waals surface area contributed by atoms with Gasteiger partial charge in [-0.05, 0) is 46.1 Å². The van der Waals surface area contributed by atoms with Gasteiger partial charge in [-0.2, -0.15) is 4.98 Å². The molecule has 0 bridgehead atoms. The Balaban J connectivity index is 1.76. The summed E-state index contributed by atoms with van der Waals surface area (Å²) in [5, 5.41) is 4.17. The fourth-order valence-corrected chi connectivity index (χ4v) is 4.95. The smallest absolute Gasteiger partial charge is 0.246 e. The molecule has 0 aliphatic carbocycles. The number of nitrogens with zero attached hydrogens (tertiary/aromatic N) is 3. The zero-order valence-electron chi connectivity index (χ0n) is 12.1. The number of aromatic nitrogens is 3. The monoisotopic (exact) mass is 412 g/mol. The van der Waals surface area contributed by atoms with Crippen molar-refractivity contribution in [3.05, 3.63) is 57.6 Å². The summed E-state index contributed by atoms with van der Waals surface area (Å²) >= 11 is 4.38. The Morgan fingerprint density at radius 3 is 2.74 bits per heavy atom. The van der Waals surface area contributed by atoms with Crippen LogP contribution in [-0.4, -0.2) is 23.2 Å². The summed E-state index contributed by atoms with van der Waals surface area (Å²) in [5.41, 5.74) is 2.25. The van der Waals surface area contributed by atoms with Crippen molar-refractivity contribution in [2.75, 3.05) is 4.72 Å². The highest BCUT2D eigenvalue weighted by Gasteiger charge is 2.18. The van der Waals surface area contributed by atoms with E-state index in [1.165, 1.54) is 12.4 Å². The van der Waals surface area contributed by atoms with Crippen LogP contribution in [0.25, 0.3) is 0 Å². The number of thiophene rings is 1. The first-order valence-electron chi connectivity index (χ1n) is 6.66. The van der Waals surface area contributed by atoms with Crippen LogP contribution in [0, 0.1) is 6.92 Å². The Kier molecular flexibility index (Phi) is 4.51. The number of halogens is 1. The Bertz CT molecular complexity index is 934. The first-order chi connectivity index (χ1) is 10.9. The highest BCUT2D eigenvalue weighted by atomic mass is 79.9. The molecule has 120 valence electrons. The third-order valence-electron chi connectivity index (χ3n) is 3.17. The molecule has 1 aromatic carbocycles. The van der Waals surface area contributed by atoms with Crippen LogP contribution in [-0.2, 0) is 16.6 Å². The van der Waals surface area contributed by atoms with Crippen LogP contribution in [0.4, 0.5) is 5.95 Å². The topological polar surface area (TPSA) is 76.9 Å². The molecule has 23 heavy (non-hydrogen) atoms. The van der Waals surface area contributed by atoms with E-state index in [1.807, 2.05) is 31.2 Å². The number of benzene rings is 1. The summed E-state index contributed by atoms with van der Waals surface area (Å²) in [5.74, 6) is 0.0584. The van der Waals surface area contributed by atoms with Gasteiger partial charge in [-0.25, -0.2) is 17.8 Å². The predicted octanol–water partition coefficient (Wildman–Crippen LogP) is 3.26. The van der Waals surface area contributed by atoms with Gasteiger partial charge in [-0.15, -0.1) is 16.4 Å². The molecule has 2 aromatic heterocycles. The molecular formula is C14H13BrN4O2S2. The van der Waals surface area contributed by atoms with E-state index in [0.29, 0.717) is 6.54 Å². The molecule has 1 N–H and O–H groups in total. The number of nitrogens with one attached hydrogen (secondary N) is 1. The molecule has 0 radical (unpaired) electrons. The van der Waals surface area contributed by atoms with Gasteiger partial charge in [0.15, 0.2) is 0 Å². The SMILES string of the molecule is Cc1ccccc1Cn1cnc(NS(=O)(=O)c2ccc(Br)s2)n1. The Hall–Kier alpha value is -1.71. The summed E-state index contributed by atoms with van der Waals surface area (Å²) in [6, 6.07) is 11.2. The maximum absolute atomic E-state index is 12.2. The minimum atomic E-state index is -3.66. The molecule has 0 amide bonds. The van der Waals surface area contributed by atoms with Gasteiger partial charge in [0, 0.05) is 0 Å². The van der Waals surface area contributed by atoms with Gasteiger partial charge in [0.1, 0.15) is 10.5 Å². The molecule has 0 aliphatic rings. The van der Waals surface area contributed by atoms with Crippen molar-refractivity contribution in [2.45, 2.75) is 17.7 Å². The van der Waals surface area contributed by atoms with Gasteiger partial charge in [-0.1, -0.05) is 24.3 Å². The molecule has 0 spiro atoms. The lowest BCUT2D eigenvalue weighted by atomic mass is 10.1. The molecule has 3 aromatic rings. The molecule has 3 rings (SSSR count). The van der Waals surface area contributed by atoms with E-state index < -0.39 is 10.0 Å². The predicted molar refractivity (Wildman–Crippen MR) is 93.1 cm³/mol. The summed E-state index contributed by atoms with van der Waals surface area (Å²) in [6.07, 6.45) is 1.51. The van der Waals surface area contributed by atoms with Crippen molar-refractivity contribution in [3.8, 4) is 0 Å². The molecule has 0 aliphatic heterocycles. The normalized spacial score (nSPS) is 11.6. The van der Waals surface area contributed by atoms with E-state index >= 15 is 0 Å². The average molecular weight is 413 g/mol. The van der Waals surface area contributed by atoms with Gasteiger partial charge in [-0.3, -0.25) is 0 Å². The summed E-state index contributed by atoms with van der Waals surface area (Å²) in [4.78, 5) is 4.01. The first-order valence-corrected chi connectivity index (χ1v) is 9.75. The fourth-order valence-electron chi connectivity index (χ4n) is 1.99. The molecule has 2 heterocycles. The van der Waals surface area contributed by atoms with Crippen LogP contribution < -0.4 is 4.72 Å². The summed E-state index contributed by atoms with van der Waals surface area (Å²) in [7, 11) is -3.66. The largest absolute Gasteiger partial charge is 0.273 e. The standard InChI is InChI=1S/C14H13BrN4O2S2/c1-10-4-2-3-5-11(10)8-19-9-16-14(17-19)18-23(20,21)13-7-6-12(15)22-13/h2-7,9H,8H2,1H3,(H,17,18). The number of sulfonamides is 1. The molecule has 0 saturated heterocycles. The molecule has 0 fully saturated rings. The lowest BCUT2D eigenvalue weighted by Crippen LogP contribution is -2.13. The van der Waals surface area contributed by atoms with E-state index in [9.17, 15) is 8.42 Å². The second-order valence-corrected chi connectivity index (χ2v) is 9.23. The Morgan fingerprint density at radius 1 is 1.26 bits per heavy atom. The van der Waals surface area contributed by atoms with Crippen molar-refractivity contribution in [1.82, 2.24) is 14.8 Å². The van der Waals surface area contributed by atoms with E-state index in [4.69, 9.17) is 0 Å². The maximum atomic E-state index is 12.2. The van der Waals surface area contributed by atoms with Gasteiger partial charge >= 0.3 is 0 Å². The fraction of sp³-hybridized carbons (Fsp3) is 0.143. The summed E-state index contributed by atoms with van der Waals surface area (Å²) < 4.78 is 29.4. The molecule has 0 unspecified atom stereocenters. The Morgan fingerprint density at radius 2 is 2.04 bits per heavy atom. The second-order valence-electron chi connectivity index (χ2n) is 4.86. The van der Waals surface area contributed by atoms with Crippen LogP contribution in [0.3, 0.4) is 0 Å². The van der Waals surface area contributed by atoms with Crippen molar-refractivity contribution in [1.29, 1.82) is 0 Å². The van der Waals surface area contributed by atoms with Crippen LogP contribution in [0.15, 0.2) is 50.7 Å². The first kappa shape index (κ1) is 16.2. The highest BCUT2D eigenvalue weighted by molar-refractivity contribution is 9.11. The molecule has 0 saturated carbocycles. The number of rotatable bonds is 5. The van der Waals surface area contributed by atoms with Crippen molar-refractivity contribution in [2.24, 2.45) is 0 Å². The van der Waals surface area contributed by atoms with Crippen LogP contribution >= 0.6 is 27.3 Å². The molecular weight excluding hydrogens is 400 g/mol. The van der Waals surface area contributed by atoms with Gasteiger partial charge in [0.25, 0.3) is 16.0 Å². The van der Waals surface area contributed by atoms with Crippen LogP contribution in [0.2, 0.25) is 0 Å². The van der Waals surface area contributed by atoms with Crippen molar-refractivity contribution in [3.63, 3.8) is 0 Å². The minimum absolute atomic E-state index is 0.0584. The maximum Gasteiger partial charge on any atom is 0.273 e. The van der Waals surface area contributed by atoms with E-state index in [1.54, 1.807) is 10.7 Å². The van der Waals surface area contributed by atoms with Gasteiger partial charge in [0.2, 0.25) is 0 Å². The van der Waals surface area contributed by atoms with Crippen molar-refractivity contribution >= 4 is 43.2 Å². The number of hydrogen-bond donors (Lipinski definition) is 1. The molecule has 0 atom stereocenters. The van der Waals surface area contributed by atoms with Crippen molar-refractivity contribution < 1.29 is 8.42 Å². The van der Waals surface area contributed by atoms with E-state index in [2.05, 4.69) is 30.7 Å². The quantitative estimate of drug-likeness (QED) is 0.697. The number of anilines is 1. The zero-order chi connectivity index (χ0) is 16.4. The van der Waals surface area contributed by atoms with E-state index in [0.717, 1.165) is 26.3 Å². The zero-order valence-corrected chi connectivity index (χ0v) is 15.3. The molecule has 6 nitrogen and oxygen atoms in total. The third kappa shape index (κ3) is 3.80. The minimum Gasteiger partial charge on any atom is -0.246 e. The molecule has 9 heteroatoms. The highest BCUT2D eigenvalue weighted by Crippen LogP contribution is 2.26. The number of aryl methyl sites for hydroxylation is 1. The van der Waals surface area contributed by atoms with Crippen LogP contribution in [0.5, 0.6) is 0 Å². The van der Waals surface area contributed by atoms with Crippen LogP contribution in [0.1, 0.15) is 11.1 Å². The second kappa shape index (κ2) is 6.42.